The number of sulfonamides is 1. The fourth-order valence-corrected chi connectivity index (χ4v) is 2.54. The zero-order valence-electron chi connectivity index (χ0n) is 12.6. The molecule has 0 aliphatic heterocycles. The van der Waals surface area contributed by atoms with Crippen molar-refractivity contribution in [2.75, 3.05) is 5.32 Å². The molecular weight excluding hydrogens is 290 g/mol. The summed E-state index contributed by atoms with van der Waals surface area (Å²) in [5.74, 6) is -0.162. The SMILES string of the molecule is Cc1cc(S(N)(=O)=O)cc(NC(=O)CCCC(C)N)c1C. The lowest BCUT2D eigenvalue weighted by Gasteiger charge is -2.13. The third-order valence-corrected chi connectivity index (χ3v) is 4.20. The lowest BCUT2D eigenvalue weighted by molar-refractivity contribution is -0.116. The molecule has 0 spiro atoms. The number of rotatable bonds is 6. The van der Waals surface area contributed by atoms with E-state index in [4.69, 9.17) is 10.9 Å². The van der Waals surface area contributed by atoms with Crippen LogP contribution < -0.4 is 16.2 Å². The van der Waals surface area contributed by atoms with E-state index < -0.39 is 10.0 Å². The van der Waals surface area contributed by atoms with Crippen molar-refractivity contribution in [1.29, 1.82) is 0 Å². The number of carbonyl (C=O) groups is 1. The van der Waals surface area contributed by atoms with E-state index in [1.807, 2.05) is 13.8 Å². The third-order valence-electron chi connectivity index (χ3n) is 3.31. The summed E-state index contributed by atoms with van der Waals surface area (Å²) in [7, 11) is -3.80. The van der Waals surface area contributed by atoms with Crippen molar-refractivity contribution in [3.8, 4) is 0 Å². The molecular formula is C14H23N3O3S. The first kappa shape index (κ1) is 17.6. The number of aryl methyl sites for hydroxylation is 1. The third kappa shape index (κ3) is 5.45. The van der Waals surface area contributed by atoms with Gasteiger partial charge in [0.05, 0.1) is 4.90 Å². The van der Waals surface area contributed by atoms with Gasteiger partial charge in [-0.25, -0.2) is 13.6 Å². The number of hydrogen-bond acceptors (Lipinski definition) is 4. The number of primary sulfonamides is 1. The quantitative estimate of drug-likeness (QED) is 0.736. The Morgan fingerprint density at radius 3 is 2.48 bits per heavy atom. The zero-order valence-corrected chi connectivity index (χ0v) is 13.5. The van der Waals surface area contributed by atoms with Crippen LogP contribution >= 0.6 is 0 Å². The molecule has 0 radical (unpaired) electrons. The zero-order chi connectivity index (χ0) is 16.2. The Bertz CT molecular complexity index is 625. The fraction of sp³-hybridized carbons (Fsp3) is 0.500. The smallest absolute Gasteiger partial charge is 0.238 e. The lowest BCUT2D eigenvalue weighted by Crippen LogP contribution is -2.18. The Labute approximate surface area is 126 Å². The molecule has 118 valence electrons. The molecule has 0 aliphatic rings. The molecule has 0 fully saturated rings. The van der Waals surface area contributed by atoms with Gasteiger partial charge in [0.15, 0.2) is 0 Å². The van der Waals surface area contributed by atoms with E-state index >= 15 is 0 Å². The summed E-state index contributed by atoms with van der Waals surface area (Å²) < 4.78 is 22.9. The molecule has 6 nitrogen and oxygen atoms in total. The van der Waals surface area contributed by atoms with Crippen LogP contribution in [0.3, 0.4) is 0 Å². The highest BCUT2D eigenvalue weighted by atomic mass is 32.2. The van der Waals surface area contributed by atoms with Gasteiger partial charge in [0.2, 0.25) is 15.9 Å². The van der Waals surface area contributed by atoms with Crippen molar-refractivity contribution >= 4 is 21.6 Å². The van der Waals surface area contributed by atoms with E-state index in [-0.39, 0.29) is 16.8 Å². The minimum absolute atomic E-state index is 0.00326. The van der Waals surface area contributed by atoms with Crippen molar-refractivity contribution in [2.24, 2.45) is 10.9 Å². The van der Waals surface area contributed by atoms with Crippen molar-refractivity contribution in [1.82, 2.24) is 0 Å². The van der Waals surface area contributed by atoms with E-state index in [2.05, 4.69) is 5.32 Å². The molecule has 0 saturated heterocycles. The van der Waals surface area contributed by atoms with Gasteiger partial charge in [0.1, 0.15) is 0 Å². The standard InChI is InChI=1S/C14H23N3O3S/c1-9-7-12(21(16,19)20)8-13(11(9)3)17-14(18)6-4-5-10(2)15/h7-8,10H,4-6,15H2,1-3H3,(H,17,18)(H2,16,19,20). The highest BCUT2D eigenvalue weighted by Gasteiger charge is 2.14. The molecule has 5 N–H and O–H groups in total. The Balaban J connectivity index is 2.88. The van der Waals surface area contributed by atoms with Crippen LogP contribution in [0.4, 0.5) is 5.69 Å². The summed E-state index contributed by atoms with van der Waals surface area (Å²) in [6, 6.07) is 2.95. The average Bonchev–Trinajstić information content (AvgIpc) is 2.32. The van der Waals surface area contributed by atoms with E-state index in [1.54, 1.807) is 6.92 Å². The van der Waals surface area contributed by atoms with Crippen molar-refractivity contribution < 1.29 is 13.2 Å². The van der Waals surface area contributed by atoms with Crippen LogP contribution in [0.2, 0.25) is 0 Å². The Morgan fingerprint density at radius 1 is 1.33 bits per heavy atom. The molecule has 1 amide bonds. The summed E-state index contributed by atoms with van der Waals surface area (Å²) in [5, 5.41) is 7.87. The molecule has 0 aromatic heterocycles. The van der Waals surface area contributed by atoms with Crippen LogP contribution in [0, 0.1) is 13.8 Å². The molecule has 1 aromatic carbocycles. The van der Waals surface area contributed by atoms with Crippen LogP contribution in [0.15, 0.2) is 17.0 Å². The maximum Gasteiger partial charge on any atom is 0.238 e. The highest BCUT2D eigenvalue weighted by Crippen LogP contribution is 2.23. The molecule has 1 rings (SSSR count). The van der Waals surface area contributed by atoms with E-state index in [0.29, 0.717) is 18.5 Å². The van der Waals surface area contributed by atoms with Crippen molar-refractivity contribution in [2.45, 2.75) is 51.0 Å². The Morgan fingerprint density at radius 2 is 1.95 bits per heavy atom. The molecule has 21 heavy (non-hydrogen) atoms. The minimum Gasteiger partial charge on any atom is -0.328 e. The molecule has 0 saturated carbocycles. The summed E-state index contributed by atoms with van der Waals surface area (Å²) in [6.07, 6.45) is 1.80. The van der Waals surface area contributed by atoms with Crippen LogP contribution in [0.25, 0.3) is 0 Å². The lowest BCUT2D eigenvalue weighted by atomic mass is 10.1. The summed E-state index contributed by atoms with van der Waals surface area (Å²) >= 11 is 0. The molecule has 7 heteroatoms. The van der Waals surface area contributed by atoms with Crippen LogP contribution in [-0.2, 0) is 14.8 Å². The van der Waals surface area contributed by atoms with Gasteiger partial charge in [-0.05, 0) is 56.9 Å². The minimum atomic E-state index is -3.80. The monoisotopic (exact) mass is 313 g/mol. The Hall–Kier alpha value is -1.44. The van der Waals surface area contributed by atoms with Gasteiger partial charge in [-0.3, -0.25) is 4.79 Å². The van der Waals surface area contributed by atoms with Gasteiger partial charge in [-0.15, -0.1) is 0 Å². The van der Waals surface area contributed by atoms with Gasteiger partial charge in [-0.2, -0.15) is 0 Å². The van der Waals surface area contributed by atoms with Crippen molar-refractivity contribution in [3.63, 3.8) is 0 Å². The molecule has 1 aromatic rings. The predicted molar refractivity (Wildman–Crippen MR) is 83.4 cm³/mol. The fourth-order valence-electron chi connectivity index (χ4n) is 1.92. The summed E-state index contributed by atoms with van der Waals surface area (Å²) in [4.78, 5) is 11.9. The van der Waals surface area contributed by atoms with Crippen molar-refractivity contribution in [3.05, 3.63) is 23.3 Å². The van der Waals surface area contributed by atoms with Gasteiger partial charge >= 0.3 is 0 Å². The van der Waals surface area contributed by atoms with Crippen LogP contribution in [0.1, 0.15) is 37.3 Å². The van der Waals surface area contributed by atoms with Crippen LogP contribution in [0.5, 0.6) is 0 Å². The topological polar surface area (TPSA) is 115 Å². The first-order valence-corrected chi connectivity index (χ1v) is 8.35. The molecule has 1 atom stereocenters. The largest absolute Gasteiger partial charge is 0.328 e. The summed E-state index contributed by atoms with van der Waals surface area (Å²) in [6.45, 7) is 5.48. The molecule has 1 unspecified atom stereocenters. The second kappa shape index (κ2) is 7.02. The second-order valence-corrected chi connectivity index (χ2v) is 6.94. The number of anilines is 1. The summed E-state index contributed by atoms with van der Waals surface area (Å²) in [5.41, 5.74) is 7.69. The normalized spacial score (nSPS) is 13.0. The van der Waals surface area contributed by atoms with E-state index in [9.17, 15) is 13.2 Å². The maximum atomic E-state index is 11.9. The van der Waals surface area contributed by atoms with Gasteiger partial charge < -0.3 is 11.1 Å². The number of nitrogens with one attached hydrogen (secondary N) is 1. The maximum absolute atomic E-state index is 11.9. The first-order chi connectivity index (χ1) is 9.61. The molecule has 0 heterocycles. The number of benzene rings is 1. The number of hydrogen-bond donors (Lipinski definition) is 3. The predicted octanol–water partition coefficient (Wildman–Crippen LogP) is 1.41. The number of amides is 1. The molecule has 0 aliphatic carbocycles. The van der Waals surface area contributed by atoms with Gasteiger partial charge in [-0.1, -0.05) is 0 Å². The van der Waals surface area contributed by atoms with Crippen LogP contribution in [-0.4, -0.2) is 20.4 Å². The second-order valence-electron chi connectivity index (χ2n) is 5.38. The van der Waals surface area contributed by atoms with E-state index in [0.717, 1.165) is 17.5 Å². The van der Waals surface area contributed by atoms with Gasteiger partial charge in [0, 0.05) is 18.2 Å². The molecule has 0 bridgehead atoms. The number of carbonyl (C=O) groups excluding carboxylic acids is 1. The number of nitrogens with two attached hydrogens (primary N) is 2. The van der Waals surface area contributed by atoms with E-state index in [1.165, 1.54) is 12.1 Å². The first-order valence-electron chi connectivity index (χ1n) is 6.80. The van der Waals surface area contributed by atoms with Gasteiger partial charge in [0.25, 0.3) is 0 Å². The Kier molecular flexibility index (Phi) is 5.88. The highest BCUT2D eigenvalue weighted by molar-refractivity contribution is 7.89. The average molecular weight is 313 g/mol.